The molecule has 0 N–H and O–H groups in total. The van der Waals surface area contributed by atoms with Gasteiger partial charge in [0.05, 0.1) is 0 Å². The molecule has 0 aliphatic carbocycles. The van der Waals surface area contributed by atoms with Gasteiger partial charge in [-0.3, -0.25) is 0 Å². The van der Waals surface area contributed by atoms with Crippen molar-refractivity contribution in [1.82, 2.24) is 4.57 Å². The molecule has 0 bridgehead atoms. The highest BCUT2D eigenvalue weighted by atomic mass is 15.0. The molecule has 0 atom stereocenters. The van der Waals surface area contributed by atoms with Crippen LogP contribution in [0.1, 0.15) is 5.69 Å². The summed E-state index contributed by atoms with van der Waals surface area (Å²) in [5, 5.41) is 0. The van der Waals surface area contributed by atoms with E-state index in [9.17, 15) is 0 Å². The van der Waals surface area contributed by atoms with Gasteiger partial charge in [0.15, 0.2) is 6.21 Å². The normalized spacial score (nSPS) is 9.50. The van der Waals surface area contributed by atoms with E-state index in [0.29, 0.717) is 0 Å². The van der Waals surface area contributed by atoms with Crippen LogP contribution in [0.3, 0.4) is 0 Å². The fourth-order valence-electron chi connectivity index (χ4n) is 0.873. The molecule has 54 valence electrons. The standard InChI is InChI=1S/C8H13N2/c1-9(2)7-8-5-4-6-10(8)3/h4-7H,1-3H3/q+1. The molecule has 1 rings (SSSR count). The largest absolute Gasteiger partial charge is 0.346 e. The summed E-state index contributed by atoms with van der Waals surface area (Å²) in [6.07, 6.45) is 4.12. The monoisotopic (exact) mass is 137 g/mol. The quantitative estimate of drug-likeness (QED) is 0.398. The van der Waals surface area contributed by atoms with Crippen molar-refractivity contribution in [2.75, 3.05) is 14.1 Å². The third-order valence-electron chi connectivity index (χ3n) is 1.37. The predicted molar refractivity (Wildman–Crippen MR) is 42.7 cm³/mol. The van der Waals surface area contributed by atoms with Gasteiger partial charge >= 0.3 is 0 Å². The first kappa shape index (κ1) is 7.06. The Morgan fingerprint density at radius 1 is 1.50 bits per heavy atom. The molecule has 0 aromatic carbocycles. The number of aromatic nitrogens is 1. The van der Waals surface area contributed by atoms with Crippen molar-refractivity contribution >= 4 is 6.21 Å². The third kappa shape index (κ3) is 1.47. The topological polar surface area (TPSA) is 7.94 Å². The minimum atomic E-state index is 1.23. The summed E-state index contributed by atoms with van der Waals surface area (Å²) in [6, 6.07) is 4.12. The molecule has 1 aromatic heterocycles. The van der Waals surface area contributed by atoms with E-state index >= 15 is 0 Å². The highest BCUT2D eigenvalue weighted by Gasteiger charge is 1.94. The van der Waals surface area contributed by atoms with Crippen LogP contribution in [0.4, 0.5) is 0 Å². The number of nitrogens with zero attached hydrogens (tertiary/aromatic N) is 2. The molecule has 0 aliphatic rings. The minimum Gasteiger partial charge on any atom is -0.346 e. The molecule has 0 saturated heterocycles. The fraction of sp³-hybridized carbons (Fsp3) is 0.375. The number of hydrogen-bond acceptors (Lipinski definition) is 0. The highest BCUT2D eigenvalue weighted by molar-refractivity contribution is 5.73. The second kappa shape index (κ2) is 2.69. The van der Waals surface area contributed by atoms with Crippen molar-refractivity contribution in [2.24, 2.45) is 7.05 Å². The molecule has 1 aromatic rings. The minimum absolute atomic E-state index is 1.23. The van der Waals surface area contributed by atoms with E-state index in [2.05, 4.69) is 16.8 Å². The molecule has 0 amide bonds. The van der Waals surface area contributed by atoms with Crippen LogP contribution in [0.25, 0.3) is 0 Å². The number of aryl methyl sites for hydroxylation is 1. The van der Waals surface area contributed by atoms with Crippen LogP contribution in [-0.4, -0.2) is 29.5 Å². The smallest absolute Gasteiger partial charge is 0.186 e. The molecule has 0 spiro atoms. The van der Waals surface area contributed by atoms with Gasteiger partial charge < -0.3 is 4.57 Å². The maximum atomic E-state index is 2.08. The number of hydrogen-bond donors (Lipinski definition) is 0. The van der Waals surface area contributed by atoms with Gasteiger partial charge in [-0.2, -0.15) is 0 Å². The van der Waals surface area contributed by atoms with Gasteiger partial charge in [-0.25, -0.2) is 4.58 Å². The van der Waals surface area contributed by atoms with Gasteiger partial charge in [0.25, 0.3) is 0 Å². The fourth-order valence-corrected chi connectivity index (χ4v) is 0.873. The van der Waals surface area contributed by atoms with Crippen molar-refractivity contribution in [2.45, 2.75) is 0 Å². The summed E-state index contributed by atoms with van der Waals surface area (Å²) < 4.78 is 4.12. The van der Waals surface area contributed by atoms with Crippen LogP contribution in [0.2, 0.25) is 0 Å². The zero-order chi connectivity index (χ0) is 7.56. The van der Waals surface area contributed by atoms with Crippen LogP contribution in [0.5, 0.6) is 0 Å². The summed E-state index contributed by atoms with van der Waals surface area (Å²) in [5.74, 6) is 0. The summed E-state index contributed by atoms with van der Waals surface area (Å²) in [7, 11) is 6.08. The van der Waals surface area contributed by atoms with Crippen molar-refractivity contribution in [3.05, 3.63) is 24.0 Å². The van der Waals surface area contributed by atoms with E-state index in [1.165, 1.54) is 5.69 Å². The molecule has 0 saturated carbocycles. The van der Waals surface area contributed by atoms with Crippen LogP contribution in [0, 0.1) is 0 Å². The molecule has 2 nitrogen and oxygen atoms in total. The van der Waals surface area contributed by atoms with Crippen molar-refractivity contribution in [3.8, 4) is 0 Å². The van der Waals surface area contributed by atoms with Gasteiger partial charge in [0.2, 0.25) is 0 Å². The Kier molecular flexibility index (Phi) is 1.90. The molecule has 0 fully saturated rings. The Bertz CT molecular complexity index is 242. The first-order valence-electron chi connectivity index (χ1n) is 3.33. The first-order valence-corrected chi connectivity index (χ1v) is 3.33. The highest BCUT2D eigenvalue weighted by Crippen LogP contribution is 1.93. The Labute approximate surface area is 61.4 Å². The molecular formula is C8H13N2+. The van der Waals surface area contributed by atoms with Gasteiger partial charge in [0.1, 0.15) is 19.8 Å². The molecule has 0 aliphatic heterocycles. The Hall–Kier alpha value is -1.05. The van der Waals surface area contributed by atoms with Crippen LogP contribution >= 0.6 is 0 Å². The predicted octanol–water partition coefficient (Wildman–Crippen LogP) is 0.716. The summed E-state index contributed by atoms with van der Waals surface area (Å²) >= 11 is 0. The molecule has 10 heavy (non-hydrogen) atoms. The molecular weight excluding hydrogens is 124 g/mol. The van der Waals surface area contributed by atoms with E-state index in [-0.39, 0.29) is 0 Å². The maximum Gasteiger partial charge on any atom is 0.186 e. The van der Waals surface area contributed by atoms with Crippen LogP contribution < -0.4 is 0 Å². The van der Waals surface area contributed by atoms with Gasteiger partial charge in [-0.15, -0.1) is 0 Å². The lowest BCUT2D eigenvalue weighted by atomic mass is 10.4. The SMILES string of the molecule is Cn1cccc1C=[N+](C)C. The van der Waals surface area contributed by atoms with E-state index in [0.717, 1.165) is 0 Å². The van der Waals surface area contributed by atoms with E-state index in [4.69, 9.17) is 0 Å². The van der Waals surface area contributed by atoms with E-state index < -0.39 is 0 Å². The molecule has 1 heterocycles. The van der Waals surface area contributed by atoms with Gasteiger partial charge in [-0.1, -0.05) is 0 Å². The molecule has 0 unspecified atom stereocenters. The van der Waals surface area contributed by atoms with Gasteiger partial charge in [0, 0.05) is 13.2 Å². The van der Waals surface area contributed by atoms with Crippen molar-refractivity contribution in [3.63, 3.8) is 0 Å². The second-order valence-electron chi connectivity index (χ2n) is 2.64. The zero-order valence-corrected chi connectivity index (χ0v) is 6.70. The Morgan fingerprint density at radius 2 is 2.20 bits per heavy atom. The third-order valence-corrected chi connectivity index (χ3v) is 1.37. The summed E-state index contributed by atoms with van der Waals surface area (Å²) in [4.78, 5) is 0. The lowest BCUT2D eigenvalue weighted by molar-refractivity contribution is -0.459. The molecule has 2 heteroatoms. The van der Waals surface area contributed by atoms with Gasteiger partial charge in [-0.05, 0) is 12.1 Å². The summed E-state index contributed by atoms with van der Waals surface area (Å²) in [5.41, 5.74) is 1.23. The Balaban J connectivity index is 2.95. The second-order valence-corrected chi connectivity index (χ2v) is 2.64. The first-order chi connectivity index (χ1) is 4.70. The zero-order valence-electron chi connectivity index (χ0n) is 6.70. The van der Waals surface area contributed by atoms with Crippen LogP contribution in [-0.2, 0) is 7.05 Å². The maximum absolute atomic E-state index is 2.08. The van der Waals surface area contributed by atoms with Crippen molar-refractivity contribution < 1.29 is 4.58 Å². The molecule has 0 radical (unpaired) electrons. The van der Waals surface area contributed by atoms with E-state index in [1.807, 2.05) is 38.0 Å². The van der Waals surface area contributed by atoms with E-state index in [1.54, 1.807) is 0 Å². The lowest BCUT2D eigenvalue weighted by Crippen LogP contribution is -2.03. The average molecular weight is 137 g/mol. The lowest BCUT2D eigenvalue weighted by Gasteiger charge is -1.92. The summed E-state index contributed by atoms with van der Waals surface area (Å²) in [6.45, 7) is 0. The number of rotatable bonds is 1. The van der Waals surface area contributed by atoms with Crippen LogP contribution in [0.15, 0.2) is 18.3 Å². The average Bonchev–Trinajstić information content (AvgIpc) is 2.15. The van der Waals surface area contributed by atoms with Crippen molar-refractivity contribution in [1.29, 1.82) is 0 Å². The Morgan fingerprint density at radius 3 is 2.60 bits per heavy atom.